The second kappa shape index (κ2) is 7.95. The van der Waals surface area contributed by atoms with Gasteiger partial charge in [0.15, 0.2) is 0 Å². The molecule has 4 unspecified atom stereocenters. The Labute approximate surface area is 217 Å². The van der Waals surface area contributed by atoms with Crippen molar-refractivity contribution in [3.8, 4) is 0 Å². The monoisotopic (exact) mass is 502 g/mol. The first-order chi connectivity index (χ1) is 18.1. The molecule has 7 rings (SSSR count). The summed E-state index contributed by atoms with van der Waals surface area (Å²) in [5, 5.41) is 0. The fourth-order valence-electron chi connectivity index (χ4n) is 6.81. The Morgan fingerprint density at radius 2 is 0.838 bits per heavy atom. The van der Waals surface area contributed by atoms with E-state index in [9.17, 15) is 9.59 Å². The van der Waals surface area contributed by atoms with Crippen molar-refractivity contribution in [1.29, 1.82) is 0 Å². The second-order valence-electron chi connectivity index (χ2n) is 9.65. The number of fused-ring (bicyclic) bond motifs is 5. The van der Waals surface area contributed by atoms with Crippen LogP contribution < -0.4 is 0 Å². The zero-order chi connectivity index (χ0) is 25.2. The van der Waals surface area contributed by atoms with Gasteiger partial charge in [-0.05, 0) is 33.4 Å². The molecule has 5 heteroatoms. The lowest BCUT2D eigenvalue weighted by Crippen LogP contribution is -2.41. The molecule has 0 aliphatic carbocycles. The summed E-state index contributed by atoms with van der Waals surface area (Å²) in [6.45, 7) is 0. The molecule has 3 heterocycles. The van der Waals surface area contributed by atoms with Gasteiger partial charge in [-0.1, -0.05) is 121 Å². The lowest BCUT2D eigenvalue weighted by atomic mass is 9.59. The summed E-state index contributed by atoms with van der Waals surface area (Å²) in [6.07, 6.45) is 0. The van der Waals surface area contributed by atoms with Gasteiger partial charge in [0.1, 0.15) is 9.49 Å². The lowest BCUT2D eigenvalue weighted by molar-refractivity contribution is -0.154. The summed E-state index contributed by atoms with van der Waals surface area (Å²) in [7, 11) is -1.73. The Kier molecular flexibility index (Phi) is 4.76. The Balaban J connectivity index is 1.73. The fourth-order valence-corrected chi connectivity index (χ4v) is 9.76. The molecule has 4 aromatic carbocycles. The highest BCUT2D eigenvalue weighted by molar-refractivity contribution is 7.89. The van der Waals surface area contributed by atoms with Crippen molar-refractivity contribution in [2.45, 2.75) is 9.49 Å². The molecule has 0 N–H and O–H groups in total. The predicted molar refractivity (Wildman–Crippen MR) is 142 cm³/mol. The van der Waals surface area contributed by atoms with Crippen LogP contribution in [0.5, 0.6) is 0 Å². The number of benzene rings is 4. The van der Waals surface area contributed by atoms with E-state index in [-0.39, 0.29) is 0 Å². The van der Waals surface area contributed by atoms with E-state index in [2.05, 4.69) is 0 Å². The second-order valence-corrected chi connectivity index (χ2v) is 11.5. The highest BCUT2D eigenvalue weighted by atomic mass is 32.2. The maximum Gasteiger partial charge on any atom is 0.319 e. The van der Waals surface area contributed by atoms with Crippen LogP contribution in [0.3, 0.4) is 0 Å². The smallest absolute Gasteiger partial charge is 0.319 e. The number of hydrogen-bond donors (Lipinski definition) is 0. The normalized spacial score (nSPS) is 29.9. The minimum absolute atomic E-state index is 0.606. The number of ether oxygens (including phenoxy) is 1. The number of esters is 2. The van der Waals surface area contributed by atoms with Crippen LogP contribution in [0.2, 0.25) is 0 Å². The third kappa shape index (κ3) is 2.64. The van der Waals surface area contributed by atoms with Crippen molar-refractivity contribution in [2.24, 2.45) is 11.8 Å². The molecule has 0 radical (unpaired) electrons. The predicted octanol–water partition coefficient (Wildman–Crippen LogP) is 5.48. The zero-order valence-electron chi connectivity index (χ0n) is 19.7. The van der Waals surface area contributed by atoms with E-state index in [1.807, 2.05) is 121 Å². The third-order valence-electron chi connectivity index (χ3n) is 8.03. The van der Waals surface area contributed by atoms with Crippen molar-refractivity contribution < 1.29 is 18.5 Å². The molecule has 2 saturated heterocycles. The van der Waals surface area contributed by atoms with Crippen molar-refractivity contribution in [2.75, 3.05) is 0 Å². The van der Waals surface area contributed by atoms with Crippen LogP contribution in [0, 0.1) is 11.8 Å². The summed E-state index contributed by atoms with van der Waals surface area (Å²) in [6, 6.07) is 38.7. The molecule has 0 aromatic heterocycles. The van der Waals surface area contributed by atoms with Crippen molar-refractivity contribution in [1.82, 2.24) is 0 Å². The first-order valence-electron chi connectivity index (χ1n) is 12.3. The molecular formula is C32H22O4S. The Bertz CT molecular complexity index is 1480. The molecule has 0 spiro atoms. The van der Waals surface area contributed by atoms with Crippen LogP contribution in [0.1, 0.15) is 22.3 Å². The molecular weight excluding hydrogens is 480 g/mol. The van der Waals surface area contributed by atoms with Crippen LogP contribution in [0.15, 0.2) is 121 Å². The van der Waals surface area contributed by atoms with E-state index in [0.29, 0.717) is 0 Å². The minimum atomic E-state index is -1.73. The quantitative estimate of drug-likeness (QED) is 0.274. The van der Waals surface area contributed by atoms with E-state index in [4.69, 9.17) is 4.74 Å². The Morgan fingerprint density at radius 3 is 1.19 bits per heavy atom. The number of carbonyl (C=O) groups is 2. The molecule has 2 bridgehead atoms. The van der Waals surface area contributed by atoms with E-state index in [1.165, 1.54) is 0 Å². The van der Waals surface area contributed by atoms with Gasteiger partial charge in [0.25, 0.3) is 0 Å². The Morgan fingerprint density at radius 1 is 0.514 bits per heavy atom. The van der Waals surface area contributed by atoms with E-state index < -0.39 is 44.1 Å². The van der Waals surface area contributed by atoms with Crippen molar-refractivity contribution >= 4 is 33.9 Å². The highest BCUT2D eigenvalue weighted by Crippen LogP contribution is 2.76. The standard InChI is InChI=1S/C32H22O4S/c33-29-27-28(30(34)36-29)32(24-19-11-4-12-20-24)26(22-15-7-2-8-16-22)25(21-13-5-1-6-14-21)31(27,37(32)35)23-17-9-3-10-18-23/h1-20,27-28H. The Hall–Kier alpha value is -4.09. The molecule has 4 nitrogen and oxygen atoms in total. The van der Waals surface area contributed by atoms with Crippen molar-refractivity contribution in [3.63, 3.8) is 0 Å². The van der Waals surface area contributed by atoms with Gasteiger partial charge in [-0.2, -0.15) is 0 Å². The minimum Gasteiger partial charge on any atom is -0.393 e. The SMILES string of the molecule is O=C1OC(=O)C2C1C1(c3ccccc3)C(c3ccccc3)=C(c3ccccc3)C2(c2ccccc2)S1=O. The van der Waals surface area contributed by atoms with E-state index in [1.54, 1.807) is 0 Å². The van der Waals surface area contributed by atoms with E-state index >= 15 is 4.21 Å². The van der Waals surface area contributed by atoms with Gasteiger partial charge in [-0.25, -0.2) is 0 Å². The maximum absolute atomic E-state index is 15.4. The fraction of sp³-hybridized carbons (Fsp3) is 0.125. The maximum atomic E-state index is 15.4. The summed E-state index contributed by atoms with van der Waals surface area (Å²) < 4.78 is 18.2. The lowest BCUT2D eigenvalue weighted by Gasteiger charge is -2.37. The largest absolute Gasteiger partial charge is 0.393 e. The average Bonchev–Trinajstić information content (AvgIpc) is 3.49. The number of cyclic esters (lactones) is 2. The van der Waals surface area contributed by atoms with Gasteiger partial charge in [-0.3, -0.25) is 13.8 Å². The number of hydrogen-bond acceptors (Lipinski definition) is 4. The first kappa shape index (κ1) is 22.1. The molecule has 37 heavy (non-hydrogen) atoms. The van der Waals surface area contributed by atoms with Crippen LogP contribution in [-0.2, 0) is 34.6 Å². The summed E-state index contributed by atoms with van der Waals surface area (Å²) in [4.78, 5) is 27.1. The van der Waals surface area contributed by atoms with Gasteiger partial charge >= 0.3 is 11.9 Å². The molecule has 0 amide bonds. The van der Waals surface area contributed by atoms with Crippen LogP contribution in [-0.4, -0.2) is 16.1 Å². The summed E-state index contributed by atoms with van der Waals surface area (Å²) in [5.41, 5.74) is 4.89. The molecule has 4 atom stereocenters. The number of carbonyl (C=O) groups excluding carboxylic acids is 2. The zero-order valence-corrected chi connectivity index (χ0v) is 20.6. The van der Waals surface area contributed by atoms with Crippen LogP contribution >= 0.6 is 0 Å². The number of rotatable bonds is 4. The molecule has 3 aliphatic rings. The van der Waals surface area contributed by atoms with Gasteiger partial charge in [0.2, 0.25) is 0 Å². The average molecular weight is 503 g/mol. The molecule has 2 fully saturated rings. The van der Waals surface area contributed by atoms with Gasteiger partial charge in [0, 0.05) is 0 Å². The topological polar surface area (TPSA) is 60.4 Å². The molecule has 0 saturated carbocycles. The van der Waals surface area contributed by atoms with E-state index in [0.717, 1.165) is 33.4 Å². The molecule has 4 aromatic rings. The summed E-state index contributed by atoms with van der Waals surface area (Å²) in [5.74, 6) is -3.03. The van der Waals surface area contributed by atoms with Gasteiger partial charge in [0.05, 0.1) is 22.6 Å². The van der Waals surface area contributed by atoms with Crippen LogP contribution in [0.25, 0.3) is 11.1 Å². The van der Waals surface area contributed by atoms with Crippen LogP contribution in [0.4, 0.5) is 0 Å². The first-order valence-corrected chi connectivity index (χ1v) is 13.4. The molecule has 3 aliphatic heterocycles. The van der Waals surface area contributed by atoms with Crippen molar-refractivity contribution in [3.05, 3.63) is 144 Å². The van der Waals surface area contributed by atoms with Gasteiger partial charge < -0.3 is 4.74 Å². The third-order valence-corrected chi connectivity index (χ3v) is 10.6. The molecule has 180 valence electrons. The summed E-state index contributed by atoms with van der Waals surface area (Å²) >= 11 is 0. The highest BCUT2D eigenvalue weighted by Gasteiger charge is 2.82. The van der Waals surface area contributed by atoms with Gasteiger partial charge in [-0.15, -0.1) is 0 Å².